The summed E-state index contributed by atoms with van der Waals surface area (Å²) in [5.41, 5.74) is 8.79. The van der Waals surface area contributed by atoms with Crippen LogP contribution in [-0.2, 0) is 4.74 Å². The summed E-state index contributed by atoms with van der Waals surface area (Å²) in [6, 6.07) is 8.36. The van der Waals surface area contributed by atoms with E-state index in [2.05, 4.69) is 10.5 Å². The number of carbonyl (C=O) groups is 2. The van der Waals surface area contributed by atoms with Crippen LogP contribution < -0.4 is 11.2 Å². The number of nitrogens with one attached hydrogen (secondary N) is 1. The van der Waals surface area contributed by atoms with Crippen LogP contribution in [0.3, 0.4) is 0 Å². The number of carbonyl (C=O) groups excluding carboxylic acids is 2. The van der Waals surface area contributed by atoms with Gasteiger partial charge >= 0.3 is 12.0 Å². The Hall–Kier alpha value is -2.37. The first-order valence-electron chi connectivity index (χ1n) is 7.48. The van der Waals surface area contributed by atoms with Crippen molar-refractivity contribution in [3.05, 3.63) is 35.9 Å². The fourth-order valence-electron chi connectivity index (χ4n) is 2.52. The van der Waals surface area contributed by atoms with Crippen molar-refractivity contribution >= 4 is 17.7 Å². The minimum atomic E-state index is -0.637. The Balaban J connectivity index is 1.66. The van der Waals surface area contributed by atoms with Crippen LogP contribution in [-0.4, -0.2) is 24.3 Å². The Morgan fingerprint density at radius 1 is 1.23 bits per heavy atom. The standard InChI is InChI=1S/C16H21N3O3/c17-16(21)19-18-14-8-6-12(7-9-14)10-11-22-15(20)13-4-2-1-3-5-13/h1-5,12H,6-11H2,(H3,17,19,21). The van der Waals surface area contributed by atoms with Crippen molar-refractivity contribution < 1.29 is 14.3 Å². The molecule has 6 nitrogen and oxygen atoms in total. The van der Waals surface area contributed by atoms with Crippen molar-refractivity contribution in [2.75, 3.05) is 6.61 Å². The molecular formula is C16H21N3O3. The average Bonchev–Trinajstić information content (AvgIpc) is 2.55. The van der Waals surface area contributed by atoms with E-state index in [9.17, 15) is 9.59 Å². The predicted octanol–water partition coefficient (Wildman–Crippen LogP) is 2.45. The molecule has 0 spiro atoms. The number of hydrazone groups is 1. The van der Waals surface area contributed by atoms with E-state index >= 15 is 0 Å². The molecule has 118 valence electrons. The minimum absolute atomic E-state index is 0.274. The maximum Gasteiger partial charge on any atom is 0.338 e. The molecule has 0 bridgehead atoms. The average molecular weight is 303 g/mol. The van der Waals surface area contributed by atoms with Crippen molar-refractivity contribution in [1.82, 2.24) is 5.43 Å². The highest BCUT2D eigenvalue weighted by atomic mass is 16.5. The summed E-state index contributed by atoms with van der Waals surface area (Å²) in [6.07, 6.45) is 4.52. The molecule has 1 aliphatic carbocycles. The lowest BCUT2D eigenvalue weighted by Crippen LogP contribution is -2.27. The number of rotatable bonds is 5. The van der Waals surface area contributed by atoms with E-state index in [0.29, 0.717) is 18.1 Å². The molecule has 0 atom stereocenters. The molecule has 0 unspecified atom stereocenters. The zero-order valence-electron chi connectivity index (χ0n) is 12.5. The largest absolute Gasteiger partial charge is 0.462 e. The van der Waals surface area contributed by atoms with Crippen LogP contribution in [0.1, 0.15) is 42.5 Å². The van der Waals surface area contributed by atoms with Crippen LogP contribution in [0.15, 0.2) is 35.4 Å². The fourth-order valence-corrected chi connectivity index (χ4v) is 2.52. The summed E-state index contributed by atoms with van der Waals surface area (Å²) in [5, 5.41) is 3.97. The second-order valence-electron chi connectivity index (χ2n) is 5.39. The number of amides is 2. The molecule has 0 heterocycles. The molecule has 2 rings (SSSR count). The predicted molar refractivity (Wildman–Crippen MR) is 83.5 cm³/mol. The Bertz CT molecular complexity index is 533. The topological polar surface area (TPSA) is 93.8 Å². The maximum atomic E-state index is 11.8. The van der Waals surface area contributed by atoms with Gasteiger partial charge in [-0.2, -0.15) is 5.10 Å². The number of primary amides is 1. The van der Waals surface area contributed by atoms with Gasteiger partial charge in [0.25, 0.3) is 0 Å². The number of esters is 1. The highest BCUT2D eigenvalue weighted by Crippen LogP contribution is 2.25. The highest BCUT2D eigenvalue weighted by molar-refractivity contribution is 5.89. The Morgan fingerprint density at radius 2 is 1.91 bits per heavy atom. The van der Waals surface area contributed by atoms with Gasteiger partial charge in [-0.05, 0) is 50.2 Å². The van der Waals surface area contributed by atoms with E-state index in [0.717, 1.165) is 37.8 Å². The monoisotopic (exact) mass is 303 g/mol. The van der Waals surface area contributed by atoms with Crippen LogP contribution in [0.5, 0.6) is 0 Å². The molecule has 0 aromatic heterocycles. The molecule has 1 aromatic carbocycles. The lowest BCUT2D eigenvalue weighted by Gasteiger charge is -2.22. The quantitative estimate of drug-likeness (QED) is 0.646. The van der Waals surface area contributed by atoms with E-state index in [1.54, 1.807) is 12.1 Å². The fraction of sp³-hybridized carbons (Fsp3) is 0.438. The summed E-state index contributed by atoms with van der Waals surface area (Å²) in [4.78, 5) is 22.4. The van der Waals surface area contributed by atoms with Gasteiger partial charge in [-0.1, -0.05) is 18.2 Å². The zero-order chi connectivity index (χ0) is 15.8. The molecule has 2 amide bonds. The number of nitrogens with two attached hydrogens (primary N) is 1. The second kappa shape index (κ2) is 8.17. The van der Waals surface area contributed by atoms with Crippen molar-refractivity contribution in [2.24, 2.45) is 16.8 Å². The van der Waals surface area contributed by atoms with E-state index in [1.165, 1.54) is 0 Å². The van der Waals surface area contributed by atoms with Crippen LogP contribution in [0, 0.1) is 5.92 Å². The molecule has 0 saturated heterocycles. The normalized spacial score (nSPS) is 17.6. The second-order valence-corrected chi connectivity index (χ2v) is 5.39. The van der Waals surface area contributed by atoms with Gasteiger partial charge < -0.3 is 10.5 Å². The zero-order valence-corrected chi connectivity index (χ0v) is 12.5. The third kappa shape index (κ3) is 5.20. The number of benzene rings is 1. The molecule has 1 aromatic rings. The molecular weight excluding hydrogens is 282 g/mol. The van der Waals surface area contributed by atoms with Gasteiger partial charge in [0.15, 0.2) is 0 Å². The van der Waals surface area contributed by atoms with Crippen molar-refractivity contribution in [2.45, 2.75) is 32.1 Å². The van der Waals surface area contributed by atoms with Gasteiger partial charge in [0.1, 0.15) is 0 Å². The van der Waals surface area contributed by atoms with Crippen molar-refractivity contribution in [3.63, 3.8) is 0 Å². The van der Waals surface area contributed by atoms with Gasteiger partial charge in [-0.15, -0.1) is 0 Å². The molecule has 1 fully saturated rings. The number of nitrogens with zero attached hydrogens (tertiary/aromatic N) is 1. The van der Waals surface area contributed by atoms with E-state index in [-0.39, 0.29) is 5.97 Å². The van der Waals surface area contributed by atoms with Gasteiger partial charge in [0, 0.05) is 5.71 Å². The smallest absolute Gasteiger partial charge is 0.338 e. The Morgan fingerprint density at radius 3 is 2.55 bits per heavy atom. The van der Waals surface area contributed by atoms with Gasteiger partial charge in [0.2, 0.25) is 0 Å². The summed E-state index contributed by atoms with van der Waals surface area (Å²) in [7, 11) is 0. The van der Waals surface area contributed by atoms with E-state index < -0.39 is 6.03 Å². The maximum absolute atomic E-state index is 11.8. The molecule has 6 heteroatoms. The Labute approximate surface area is 129 Å². The van der Waals surface area contributed by atoms with Crippen LogP contribution >= 0.6 is 0 Å². The molecule has 3 N–H and O–H groups in total. The van der Waals surface area contributed by atoms with Gasteiger partial charge in [-0.3, -0.25) is 0 Å². The molecule has 1 aliphatic rings. The summed E-state index contributed by atoms with van der Waals surface area (Å²) in [5.74, 6) is 0.250. The van der Waals surface area contributed by atoms with Crippen LogP contribution in [0.4, 0.5) is 4.79 Å². The minimum Gasteiger partial charge on any atom is -0.462 e. The van der Waals surface area contributed by atoms with Gasteiger partial charge in [-0.25, -0.2) is 15.0 Å². The molecule has 0 radical (unpaired) electrons. The summed E-state index contributed by atoms with van der Waals surface area (Å²) < 4.78 is 5.29. The summed E-state index contributed by atoms with van der Waals surface area (Å²) >= 11 is 0. The summed E-state index contributed by atoms with van der Waals surface area (Å²) in [6.45, 7) is 0.435. The molecule has 22 heavy (non-hydrogen) atoms. The van der Waals surface area contributed by atoms with Crippen molar-refractivity contribution in [3.8, 4) is 0 Å². The van der Waals surface area contributed by atoms with Crippen molar-refractivity contribution in [1.29, 1.82) is 0 Å². The lowest BCUT2D eigenvalue weighted by atomic mass is 9.86. The molecule has 0 aliphatic heterocycles. The number of hydrogen-bond acceptors (Lipinski definition) is 4. The first-order valence-corrected chi connectivity index (χ1v) is 7.48. The Kier molecular flexibility index (Phi) is 5.94. The van der Waals surface area contributed by atoms with E-state index in [4.69, 9.17) is 10.5 Å². The lowest BCUT2D eigenvalue weighted by molar-refractivity contribution is 0.0478. The van der Waals surface area contributed by atoms with E-state index in [1.807, 2.05) is 18.2 Å². The number of urea groups is 1. The highest BCUT2D eigenvalue weighted by Gasteiger charge is 2.18. The van der Waals surface area contributed by atoms with Crippen LogP contribution in [0.2, 0.25) is 0 Å². The van der Waals surface area contributed by atoms with Gasteiger partial charge in [0.05, 0.1) is 12.2 Å². The van der Waals surface area contributed by atoms with Crippen LogP contribution in [0.25, 0.3) is 0 Å². The third-order valence-electron chi connectivity index (χ3n) is 3.78. The SMILES string of the molecule is NC(=O)NN=C1CCC(CCOC(=O)c2ccccc2)CC1. The number of ether oxygens (including phenoxy) is 1. The molecule has 1 saturated carbocycles. The third-order valence-corrected chi connectivity index (χ3v) is 3.78. The first kappa shape index (κ1) is 16.0. The first-order chi connectivity index (χ1) is 10.6. The number of hydrogen-bond donors (Lipinski definition) is 2.